The van der Waals surface area contributed by atoms with Gasteiger partial charge in [-0.25, -0.2) is 0 Å². The lowest BCUT2D eigenvalue weighted by Gasteiger charge is -2.16. The maximum atomic E-state index is 5.95. The smallest absolute Gasteiger partial charge is 0.184 e. The molecule has 1 saturated heterocycles. The van der Waals surface area contributed by atoms with Gasteiger partial charge in [0.05, 0.1) is 13.2 Å². The van der Waals surface area contributed by atoms with Crippen LogP contribution in [0.25, 0.3) is 0 Å². The van der Waals surface area contributed by atoms with E-state index in [-0.39, 0.29) is 6.29 Å². The van der Waals surface area contributed by atoms with Gasteiger partial charge in [0.1, 0.15) is 12.4 Å². The van der Waals surface area contributed by atoms with Crippen molar-refractivity contribution in [1.82, 2.24) is 0 Å². The fourth-order valence-electron chi connectivity index (χ4n) is 2.34. The van der Waals surface area contributed by atoms with Gasteiger partial charge in [-0.05, 0) is 36.2 Å². The number of benzene rings is 2. The van der Waals surface area contributed by atoms with Crippen molar-refractivity contribution in [1.29, 1.82) is 0 Å². The van der Waals surface area contributed by atoms with Crippen LogP contribution in [0.5, 0.6) is 5.75 Å². The molecule has 3 rings (SSSR count). The molecular weight excluding hydrogens is 332 g/mol. The Kier molecular flexibility index (Phi) is 4.58. The van der Waals surface area contributed by atoms with Gasteiger partial charge in [0.15, 0.2) is 6.29 Å². The first-order valence-corrected chi connectivity index (χ1v) is 7.73. The van der Waals surface area contributed by atoms with Crippen molar-refractivity contribution in [3.05, 3.63) is 63.6 Å². The van der Waals surface area contributed by atoms with Crippen molar-refractivity contribution >= 4 is 15.9 Å². The van der Waals surface area contributed by atoms with Crippen LogP contribution >= 0.6 is 15.9 Å². The first-order chi connectivity index (χ1) is 10.2. The van der Waals surface area contributed by atoms with E-state index in [1.54, 1.807) is 0 Å². The zero-order valence-electron chi connectivity index (χ0n) is 11.8. The highest BCUT2D eigenvalue weighted by Crippen LogP contribution is 2.29. The Morgan fingerprint density at radius 3 is 2.67 bits per heavy atom. The molecule has 3 nitrogen and oxygen atoms in total. The number of halogens is 1. The van der Waals surface area contributed by atoms with Crippen LogP contribution in [0.3, 0.4) is 0 Å². The van der Waals surface area contributed by atoms with Gasteiger partial charge >= 0.3 is 0 Å². The van der Waals surface area contributed by atoms with Gasteiger partial charge in [-0.15, -0.1) is 0 Å². The second-order valence-corrected chi connectivity index (χ2v) is 5.89. The molecule has 1 aliphatic rings. The normalized spacial score (nSPS) is 15.3. The molecule has 2 aromatic carbocycles. The van der Waals surface area contributed by atoms with Crippen molar-refractivity contribution in [3.63, 3.8) is 0 Å². The lowest BCUT2D eigenvalue weighted by Crippen LogP contribution is -2.06. The van der Waals surface area contributed by atoms with Crippen LogP contribution < -0.4 is 4.74 Å². The molecule has 21 heavy (non-hydrogen) atoms. The van der Waals surface area contributed by atoms with E-state index in [4.69, 9.17) is 14.2 Å². The minimum absolute atomic E-state index is 0.284. The predicted octanol–water partition coefficient (Wildman–Crippen LogP) is 4.38. The topological polar surface area (TPSA) is 27.7 Å². The summed E-state index contributed by atoms with van der Waals surface area (Å²) >= 11 is 3.51. The monoisotopic (exact) mass is 348 g/mol. The van der Waals surface area contributed by atoms with E-state index in [9.17, 15) is 0 Å². The summed E-state index contributed by atoms with van der Waals surface area (Å²) < 4.78 is 18.2. The largest absolute Gasteiger partial charge is 0.489 e. The third-order valence-electron chi connectivity index (χ3n) is 3.46. The second-order valence-electron chi connectivity index (χ2n) is 4.97. The summed E-state index contributed by atoms with van der Waals surface area (Å²) in [6, 6.07) is 14.1. The van der Waals surface area contributed by atoms with E-state index in [1.165, 1.54) is 0 Å². The lowest BCUT2D eigenvalue weighted by molar-refractivity contribution is -0.0451. The SMILES string of the molecule is Cc1ccccc1OCc1cc(Br)ccc1C1OCCO1. The third kappa shape index (κ3) is 3.46. The van der Waals surface area contributed by atoms with Crippen LogP contribution in [0.1, 0.15) is 23.0 Å². The summed E-state index contributed by atoms with van der Waals surface area (Å²) in [7, 11) is 0. The maximum Gasteiger partial charge on any atom is 0.184 e. The molecule has 4 heteroatoms. The summed E-state index contributed by atoms with van der Waals surface area (Å²) in [4.78, 5) is 0. The van der Waals surface area contributed by atoms with Gasteiger partial charge in [0.2, 0.25) is 0 Å². The molecule has 1 heterocycles. The number of rotatable bonds is 4. The highest BCUT2D eigenvalue weighted by molar-refractivity contribution is 9.10. The number of hydrogen-bond acceptors (Lipinski definition) is 3. The van der Waals surface area contributed by atoms with Crippen molar-refractivity contribution in [2.75, 3.05) is 13.2 Å². The standard InChI is InChI=1S/C17H17BrO3/c1-12-4-2-3-5-16(12)21-11-13-10-14(18)6-7-15(13)17-19-8-9-20-17/h2-7,10,17H,8-9,11H2,1H3. The van der Waals surface area contributed by atoms with Gasteiger partial charge in [-0.3, -0.25) is 0 Å². The second kappa shape index (κ2) is 6.60. The van der Waals surface area contributed by atoms with Crippen molar-refractivity contribution in [3.8, 4) is 5.75 Å². The molecule has 2 aromatic rings. The minimum Gasteiger partial charge on any atom is -0.489 e. The first-order valence-electron chi connectivity index (χ1n) is 6.94. The highest BCUT2D eigenvalue weighted by Gasteiger charge is 2.21. The van der Waals surface area contributed by atoms with Crippen LogP contribution in [-0.4, -0.2) is 13.2 Å². The van der Waals surface area contributed by atoms with E-state index in [1.807, 2.05) is 43.3 Å². The molecule has 0 amide bonds. The lowest BCUT2D eigenvalue weighted by atomic mass is 10.1. The summed E-state index contributed by atoms with van der Waals surface area (Å²) in [5.74, 6) is 0.900. The highest BCUT2D eigenvalue weighted by atomic mass is 79.9. The molecule has 0 aromatic heterocycles. The molecule has 0 unspecified atom stereocenters. The first kappa shape index (κ1) is 14.6. The zero-order chi connectivity index (χ0) is 14.7. The van der Waals surface area contributed by atoms with Crippen LogP contribution in [0.15, 0.2) is 46.9 Å². The number of aryl methyl sites for hydroxylation is 1. The average molecular weight is 349 g/mol. The zero-order valence-corrected chi connectivity index (χ0v) is 13.4. The van der Waals surface area contributed by atoms with Gasteiger partial charge in [-0.1, -0.05) is 40.2 Å². The number of hydrogen-bond donors (Lipinski definition) is 0. The van der Waals surface area contributed by atoms with E-state index in [0.717, 1.165) is 26.9 Å². The van der Waals surface area contributed by atoms with Gasteiger partial charge in [-0.2, -0.15) is 0 Å². The van der Waals surface area contributed by atoms with Crippen LogP contribution in [-0.2, 0) is 16.1 Å². The summed E-state index contributed by atoms with van der Waals surface area (Å²) in [5.41, 5.74) is 3.23. The Labute approximate surface area is 133 Å². The molecule has 0 aliphatic carbocycles. The molecule has 0 atom stereocenters. The van der Waals surface area contributed by atoms with Crippen molar-refractivity contribution in [2.45, 2.75) is 19.8 Å². The number of ether oxygens (including phenoxy) is 3. The summed E-state index contributed by atoms with van der Waals surface area (Å²) in [5, 5.41) is 0. The number of para-hydroxylation sites is 1. The fourth-order valence-corrected chi connectivity index (χ4v) is 2.75. The summed E-state index contributed by atoms with van der Waals surface area (Å²) in [6.45, 7) is 3.81. The molecule has 1 fully saturated rings. The molecule has 0 bridgehead atoms. The Balaban J connectivity index is 1.80. The van der Waals surface area contributed by atoms with Crippen LogP contribution in [0, 0.1) is 6.92 Å². The molecule has 0 N–H and O–H groups in total. The quantitative estimate of drug-likeness (QED) is 0.820. The van der Waals surface area contributed by atoms with Gasteiger partial charge < -0.3 is 14.2 Å². The Morgan fingerprint density at radius 2 is 1.90 bits per heavy atom. The van der Waals surface area contributed by atoms with Gasteiger partial charge in [0.25, 0.3) is 0 Å². The molecule has 0 saturated carbocycles. The van der Waals surface area contributed by atoms with Crippen molar-refractivity contribution in [2.24, 2.45) is 0 Å². The fraction of sp³-hybridized carbons (Fsp3) is 0.294. The van der Waals surface area contributed by atoms with Crippen molar-refractivity contribution < 1.29 is 14.2 Å². The minimum atomic E-state index is -0.284. The van der Waals surface area contributed by atoms with Crippen LogP contribution in [0.2, 0.25) is 0 Å². The molecular formula is C17H17BrO3. The Hall–Kier alpha value is -1.36. The molecule has 0 spiro atoms. The van der Waals surface area contributed by atoms with E-state index >= 15 is 0 Å². The van der Waals surface area contributed by atoms with E-state index < -0.39 is 0 Å². The molecule has 110 valence electrons. The average Bonchev–Trinajstić information content (AvgIpc) is 3.00. The maximum absolute atomic E-state index is 5.95. The third-order valence-corrected chi connectivity index (χ3v) is 3.95. The predicted molar refractivity (Wildman–Crippen MR) is 84.3 cm³/mol. The molecule has 0 radical (unpaired) electrons. The van der Waals surface area contributed by atoms with Gasteiger partial charge in [0, 0.05) is 10.0 Å². The Bertz CT molecular complexity index is 621. The molecule has 1 aliphatic heterocycles. The van der Waals surface area contributed by atoms with E-state index in [2.05, 4.69) is 22.0 Å². The van der Waals surface area contributed by atoms with Crippen LogP contribution in [0.4, 0.5) is 0 Å². The Morgan fingerprint density at radius 1 is 1.14 bits per heavy atom. The van der Waals surface area contributed by atoms with E-state index in [0.29, 0.717) is 19.8 Å². The summed E-state index contributed by atoms with van der Waals surface area (Å²) in [6.07, 6.45) is -0.284.